The van der Waals surface area contributed by atoms with E-state index in [9.17, 15) is 0 Å². The third kappa shape index (κ3) is 3.86. The van der Waals surface area contributed by atoms with Crippen LogP contribution in [-0.4, -0.2) is 46.4 Å². The number of fused-ring (bicyclic) bond motifs is 1. The highest BCUT2D eigenvalue weighted by Crippen LogP contribution is 2.24. The van der Waals surface area contributed by atoms with E-state index in [0.29, 0.717) is 12.7 Å². The highest BCUT2D eigenvalue weighted by Gasteiger charge is 2.21. The van der Waals surface area contributed by atoms with Crippen molar-refractivity contribution < 1.29 is 9.47 Å². The summed E-state index contributed by atoms with van der Waals surface area (Å²) in [6, 6.07) is 10.0. The molecule has 6 heteroatoms. The number of H-pyrrole nitrogens is 1. The Labute approximate surface area is 153 Å². The minimum atomic E-state index is 0.328. The molecule has 1 saturated heterocycles. The predicted octanol–water partition coefficient (Wildman–Crippen LogP) is 3.15. The van der Waals surface area contributed by atoms with Gasteiger partial charge in [0.1, 0.15) is 5.75 Å². The highest BCUT2D eigenvalue weighted by atomic mass is 16.5. The van der Waals surface area contributed by atoms with Gasteiger partial charge in [-0.3, -0.25) is 15.0 Å². The zero-order chi connectivity index (χ0) is 17.8. The Morgan fingerprint density at radius 3 is 2.88 bits per heavy atom. The van der Waals surface area contributed by atoms with Crippen molar-refractivity contribution in [2.24, 2.45) is 0 Å². The van der Waals surface area contributed by atoms with Crippen LogP contribution in [0.1, 0.15) is 24.1 Å². The minimum Gasteiger partial charge on any atom is -0.497 e. The van der Waals surface area contributed by atoms with Crippen LogP contribution in [0, 0.1) is 0 Å². The van der Waals surface area contributed by atoms with E-state index >= 15 is 0 Å². The number of piperidine rings is 1. The van der Waals surface area contributed by atoms with Gasteiger partial charge in [-0.15, -0.1) is 0 Å². The zero-order valence-corrected chi connectivity index (χ0v) is 15.0. The standard InChI is InChI=1S/C20H24N4O2/c1-25-17-4-5-18-19(11-17)22-23-20(18)13-24-9-6-16(7-10-24)26-14-15-3-2-8-21-12-15/h2-5,8,11-12,16H,6-7,9-10,13-14H2,1H3,(H,22,23). The lowest BCUT2D eigenvalue weighted by Gasteiger charge is -2.31. The van der Waals surface area contributed by atoms with Gasteiger partial charge >= 0.3 is 0 Å². The van der Waals surface area contributed by atoms with E-state index in [0.717, 1.165) is 55.0 Å². The summed E-state index contributed by atoms with van der Waals surface area (Å²) in [4.78, 5) is 6.59. The Hall–Kier alpha value is -2.44. The Morgan fingerprint density at radius 2 is 2.12 bits per heavy atom. The maximum Gasteiger partial charge on any atom is 0.121 e. The van der Waals surface area contributed by atoms with Crippen LogP contribution in [0.25, 0.3) is 10.9 Å². The summed E-state index contributed by atoms with van der Waals surface area (Å²) in [5, 5.41) is 8.76. The van der Waals surface area contributed by atoms with Crippen LogP contribution in [0.5, 0.6) is 5.75 Å². The molecule has 26 heavy (non-hydrogen) atoms. The van der Waals surface area contributed by atoms with Gasteiger partial charge in [0.25, 0.3) is 0 Å². The summed E-state index contributed by atoms with van der Waals surface area (Å²) >= 11 is 0. The molecule has 3 aromatic rings. The average Bonchev–Trinajstić information content (AvgIpc) is 3.10. The fourth-order valence-corrected chi connectivity index (χ4v) is 3.45. The third-order valence-electron chi connectivity index (χ3n) is 4.97. The van der Waals surface area contributed by atoms with Crippen molar-refractivity contribution in [2.45, 2.75) is 32.1 Å². The van der Waals surface area contributed by atoms with E-state index < -0.39 is 0 Å². The molecule has 1 fully saturated rings. The topological polar surface area (TPSA) is 63.3 Å². The first-order valence-corrected chi connectivity index (χ1v) is 9.05. The highest BCUT2D eigenvalue weighted by molar-refractivity contribution is 5.82. The molecule has 0 amide bonds. The van der Waals surface area contributed by atoms with Crippen molar-refractivity contribution in [1.29, 1.82) is 0 Å². The number of aromatic amines is 1. The number of methoxy groups -OCH3 is 1. The van der Waals surface area contributed by atoms with Gasteiger partial charge in [0.05, 0.1) is 31.0 Å². The van der Waals surface area contributed by atoms with Gasteiger partial charge in [0, 0.05) is 43.5 Å². The Kier molecular flexibility index (Phi) is 5.13. The van der Waals surface area contributed by atoms with Gasteiger partial charge in [-0.2, -0.15) is 5.10 Å². The molecule has 1 aliphatic heterocycles. The average molecular weight is 352 g/mol. The minimum absolute atomic E-state index is 0.328. The van der Waals surface area contributed by atoms with Crippen molar-refractivity contribution in [1.82, 2.24) is 20.1 Å². The number of likely N-dealkylation sites (tertiary alicyclic amines) is 1. The first kappa shape index (κ1) is 17.0. The zero-order valence-electron chi connectivity index (χ0n) is 15.0. The SMILES string of the molecule is COc1ccc2c(CN3CCC(OCc4cccnc4)CC3)[nH]nc2c1. The molecule has 0 aliphatic carbocycles. The summed E-state index contributed by atoms with van der Waals surface area (Å²) in [6.45, 7) is 3.60. The Morgan fingerprint density at radius 1 is 1.23 bits per heavy atom. The number of hydrogen-bond acceptors (Lipinski definition) is 5. The fraction of sp³-hybridized carbons (Fsp3) is 0.400. The van der Waals surface area contributed by atoms with Gasteiger partial charge in [-0.1, -0.05) is 6.07 Å². The van der Waals surface area contributed by atoms with Crippen molar-refractivity contribution in [3.8, 4) is 5.75 Å². The molecular formula is C20H24N4O2. The van der Waals surface area contributed by atoms with Crippen LogP contribution in [0.4, 0.5) is 0 Å². The van der Waals surface area contributed by atoms with E-state index in [1.807, 2.05) is 24.4 Å². The van der Waals surface area contributed by atoms with Crippen molar-refractivity contribution in [3.05, 3.63) is 54.0 Å². The molecule has 1 aliphatic rings. The van der Waals surface area contributed by atoms with Gasteiger partial charge in [-0.25, -0.2) is 0 Å². The predicted molar refractivity (Wildman–Crippen MR) is 100.0 cm³/mol. The van der Waals surface area contributed by atoms with E-state index in [1.54, 1.807) is 13.3 Å². The first-order valence-electron chi connectivity index (χ1n) is 9.05. The van der Waals surface area contributed by atoms with E-state index in [1.165, 1.54) is 5.39 Å². The Bertz CT molecular complexity index is 841. The maximum absolute atomic E-state index is 6.05. The molecule has 0 bridgehead atoms. The molecular weight excluding hydrogens is 328 g/mol. The van der Waals surface area contributed by atoms with Crippen molar-refractivity contribution in [2.75, 3.05) is 20.2 Å². The molecule has 0 radical (unpaired) electrons. The fourth-order valence-electron chi connectivity index (χ4n) is 3.45. The summed E-state index contributed by atoms with van der Waals surface area (Å²) < 4.78 is 11.3. The lowest BCUT2D eigenvalue weighted by molar-refractivity contribution is -0.00417. The number of nitrogens with one attached hydrogen (secondary N) is 1. The number of pyridine rings is 1. The lowest BCUT2D eigenvalue weighted by atomic mass is 10.1. The van der Waals surface area contributed by atoms with E-state index in [2.05, 4.69) is 32.2 Å². The lowest BCUT2D eigenvalue weighted by Crippen LogP contribution is -2.36. The molecule has 0 spiro atoms. The van der Waals surface area contributed by atoms with Crippen LogP contribution in [0.3, 0.4) is 0 Å². The summed E-state index contributed by atoms with van der Waals surface area (Å²) in [7, 11) is 1.68. The van der Waals surface area contributed by atoms with Gasteiger partial charge < -0.3 is 9.47 Å². The van der Waals surface area contributed by atoms with Gasteiger partial charge in [0.15, 0.2) is 0 Å². The summed E-state index contributed by atoms with van der Waals surface area (Å²) in [5.41, 5.74) is 3.25. The second-order valence-electron chi connectivity index (χ2n) is 6.73. The largest absolute Gasteiger partial charge is 0.497 e. The summed E-state index contributed by atoms with van der Waals surface area (Å²) in [6.07, 6.45) is 6.10. The van der Waals surface area contributed by atoms with Gasteiger partial charge in [0.2, 0.25) is 0 Å². The molecule has 4 rings (SSSR count). The molecule has 0 saturated carbocycles. The van der Waals surface area contributed by atoms with Crippen LogP contribution in [0.15, 0.2) is 42.7 Å². The molecule has 136 valence electrons. The number of ether oxygens (including phenoxy) is 2. The molecule has 2 aromatic heterocycles. The molecule has 3 heterocycles. The van der Waals surface area contributed by atoms with Crippen LogP contribution in [-0.2, 0) is 17.9 Å². The number of nitrogens with zero attached hydrogens (tertiary/aromatic N) is 3. The molecule has 0 atom stereocenters. The molecule has 1 N–H and O–H groups in total. The van der Waals surface area contributed by atoms with E-state index in [4.69, 9.17) is 9.47 Å². The number of aromatic nitrogens is 3. The molecule has 1 aromatic carbocycles. The monoisotopic (exact) mass is 352 g/mol. The third-order valence-corrected chi connectivity index (χ3v) is 4.97. The van der Waals surface area contributed by atoms with Crippen LogP contribution >= 0.6 is 0 Å². The quantitative estimate of drug-likeness (QED) is 0.738. The Balaban J connectivity index is 1.30. The molecule has 0 unspecified atom stereocenters. The van der Waals surface area contributed by atoms with E-state index in [-0.39, 0.29) is 0 Å². The van der Waals surface area contributed by atoms with Gasteiger partial charge in [-0.05, 0) is 36.6 Å². The molecule has 6 nitrogen and oxygen atoms in total. The normalized spacial score (nSPS) is 16.2. The first-order chi connectivity index (χ1) is 12.8. The second kappa shape index (κ2) is 7.85. The van der Waals surface area contributed by atoms with Crippen LogP contribution in [0.2, 0.25) is 0 Å². The van der Waals surface area contributed by atoms with Crippen molar-refractivity contribution >= 4 is 10.9 Å². The van der Waals surface area contributed by atoms with Crippen LogP contribution < -0.4 is 4.74 Å². The number of benzene rings is 1. The van der Waals surface area contributed by atoms with Crippen molar-refractivity contribution in [3.63, 3.8) is 0 Å². The summed E-state index contributed by atoms with van der Waals surface area (Å²) in [5.74, 6) is 0.835. The number of hydrogen-bond donors (Lipinski definition) is 1. The maximum atomic E-state index is 6.05. The second-order valence-corrected chi connectivity index (χ2v) is 6.73. The number of rotatable bonds is 6. The smallest absolute Gasteiger partial charge is 0.121 e.